The number of nitrogens with one attached hydrogen (secondary N) is 1. The Morgan fingerprint density at radius 2 is 1.56 bits per heavy atom. The highest BCUT2D eigenvalue weighted by molar-refractivity contribution is 7.79. The van der Waals surface area contributed by atoms with Crippen molar-refractivity contribution < 1.29 is 23.0 Å². The van der Waals surface area contributed by atoms with Crippen molar-refractivity contribution in [3.05, 3.63) is 16.4 Å². The van der Waals surface area contributed by atoms with Crippen LogP contribution in [0.1, 0.15) is 0 Å². The molecule has 0 fully saturated rings. The van der Waals surface area contributed by atoms with E-state index in [2.05, 4.69) is 4.98 Å². The van der Waals surface area contributed by atoms with E-state index in [0.717, 1.165) is 0 Å². The lowest BCUT2D eigenvalue weighted by Gasteiger charge is -1.98. The SMILES string of the molecule is Nc1cc(N)c(N)c(=O)[nH]1.O.O=S(=O)(O)O. The number of anilines is 3. The molecule has 0 saturated carbocycles. The van der Waals surface area contributed by atoms with Gasteiger partial charge in [0.1, 0.15) is 11.5 Å². The highest BCUT2D eigenvalue weighted by Crippen LogP contribution is 2.08. The van der Waals surface area contributed by atoms with E-state index in [1.165, 1.54) is 6.07 Å². The molecule has 0 radical (unpaired) electrons. The third-order valence-corrected chi connectivity index (χ3v) is 1.12. The number of aromatic nitrogens is 1. The van der Waals surface area contributed by atoms with E-state index in [4.69, 9.17) is 34.7 Å². The minimum absolute atomic E-state index is 0. The molecular formula is C5H12N4O6S. The number of H-pyrrole nitrogens is 1. The quantitative estimate of drug-likeness (QED) is 0.275. The van der Waals surface area contributed by atoms with Crippen LogP contribution in [-0.2, 0) is 10.4 Å². The molecule has 0 amide bonds. The predicted octanol–water partition coefficient (Wildman–Crippen LogP) is -2.36. The predicted molar refractivity (Wildman–Crippen MR) is 58.1 cm³/mol. The highest BCUT2D eigenvalue weighted by atomic mass is 32.3. The third-order valence-electron chi connectivity index (χ3n) is 1.12. The van der Waals surface area contributed by atoms with Crippen molar-refractivity contribution in [1.82, 2.24) is 4.98 Å². The van der Waals surface area contributed by atoms with Crippen LogP contribution < -0.4 is 22.8 Å². The summed E-state index contributed by atoms with van der Waals surface area (Å²) in [6, 6.07) is 1.40. The standard InChI is InChI=1S/C5H8N4O.H2O4S.H2O/c6-2-1-3(7)9-5(10)4(2)8;1-5(2,3)4;/h1H,8H2,(H5,6,7,9,10);(H2,1,2,3,4);1H2. The lowest BCUT2D eigenvalue weighted by Crippen LogP contribution is -2.15. The molecule has 11 heteroatoms. The van der Waals surface area contributed by atoms with Gasteiger partial charge in [-0.3, -0.25) is 13.9 Å². The Kier molecular flexibility index (Phi) is 6.14. The van der Waals surface area contributed by atoms with Gasteiger partial charge in [0, 0.05) is 6.07 Å². The Hall–Kier alpha value is -1.82. The van der Waals surface area contributed by atoms with Crippen molar-refractivity contribution in [1.29, 1.82) is 0 Å². The maximum Gasteiger partial charge on any atom is 0.394 e. The number of hydrogen-bond donors (Lipinski definition) is 6. The molecule has 0 spiro atoms. The average molecular weight is 256 g/mol. The molecule has 0 atom stereocenters. The summed E-state index contributed by atoms with van der Waals surface area (Å²) in [5, 5.41) is 0. The highest BCUT2D eigenvalue weighted by Gasteiger charge is 1.98. The zero-order valence-corrected chi connectivity index (χ0v) is 8.65. The van der Waals surface area contributed by atoms with E-state index in [1.54, 1.807) is 0 Å². The van der Waals surface area contributed by atoms with Crippen LogP contribution in [-0.4, -0.2) is 28.0 Å². The summed E-state index contributed by atoms with van der Waals surface area (Å²) in [6.45, 7) is 0. The fraction of sp³-hybridized carbons (Fsp3) is 0. The Bertz CT molecular complexity index is 486. The summed E-state index contributed by atoms with van der Waals surface area (Å²) in [6.07, 6.45) is 0. The fourth-order valence-corrected chi connectivity index (χ4v) is 0.611. The summed E-state index contributed by atoms with van der Waals surface area (Å²) in [5.41, 5.74) is 15.5. The largest absolute Gasteiger partial charge is 0.412 e. The number of aromatic amines is 1. The normalized spacial score (nSPS) is 9.62. The van der Waals surface area contributed by atoms with E-state index in [9.17, 15) is 4.79 Å². The minimum Gasteiger partial charge on any atom is -0.412 e. The van der Waals surface area contributed by atoms with Gasteiger partial charge in [-0.05, 0) is 0 Å². The number of nitrogens with two attached hydrogens (primary N) is 3. The summed E-state index contributed by atoms with van der Waals surface area (Å²) in [4.78, 5) is 13.0. The third kappa shape index (κ3) is 7.57. The van der Waals surface area contributed by atoms with Crippen LogP contribution in [0.15, 0.2) is 10.9 Å². The van der Waals surface area contributed by atoms with Crippen LogP contribution in [0.3, 0.4) is 0 Å². The molecule has 11 N–H and O–H groups in total. The van der Waals surface area contributed by atoms with Crippen molar-refractivity contribution in [3.63, 3.8) is 0 Å². The molecule has 0 saturated heterocycles. The second kappa shape index (κ2) is 5.92. The van der Waals surface area contributed by atoms with Gasteiger partial charge < -0.3 is 27.7 Å². The van der Waals surface area contributed by atoms with Crippen LogP contribution in [0.4, 0.5) is 17.2 Å². The molecule has 0 aliphatic carbocycles. The molecular weight excluding hydrogens is 244 g/mol. The van der Waals surface area contributed by atoms with Crippen molar-refractivity contribution in [2.75, 3.05) is 17.2 Å². The minimum atomic E-state index is -4.67. The Balaban J connectivity index is 0. The summed E-state index contributed by atoms with van der Waals surface area (Å²) < 4.78 is 31.6. The molecule has 0 aromatic carbocycles. The first-order valence-electron chi connectivity index (χ1n) is 3.35. The van der Waals surface area contributed by atoms with Gasteiger partial charge in [-0.2, -0.15) is 8.42 Å². The van der Waals surface area contributed by atoms with E-state index in [0.29, 0.717) is 0 Å². The van der Waals surface area contributed by atoms with Crippen molar-refractivity contribution in [2.45, 2.75) is 0 Å². The van der Waals surface area contributed by atoms with Gasteiger partial charge in [0.05, 0.1) is 5.69 Å². The molecule has 1 rings (SSSR count). The molecule has 16 heavy (non-hydrogen) atoms. The Morgan fingerprint density at radius 1 is 1.19 bits per heavy atom. The first kappa shape index (κ1) is 16.6. The molecule has 0 aliphatic heterocycles. The summed E-state index contributed by atoms with van der Waals surface area (Å²) in [5.74, 6) is 0.219. The lowest BCUT2D eigenvalue weighted by molar-refractivity contribution is 0.381. The fourth-order valence-electron chi connectivity index (χ4n) is 0.611. The zero-order valence-electron chi connectivity index (χ0n) is 7.84. The summed E-state index contributed by atoms with van der Waals surface area (Å²) in [7, 11) is -4.67. The maximum absolute atomic E-state index is 10.7. The number of pyridine rings is 1. The molecule has 10 nitrogen and oxygen atoms in total. The lowest BCUT2D eigenvalue weighted by atomic mass is 10.3. The zero-order chi connectivity index (χ0) is 12.2. The number of hydrogen-bond acceptors (Lipinski definition) is 6. The molecule has 0 bridgehead atoms. The van der Waals surface area contributed by atoms with Gasteiger partial charge in [-0.1, -0.05) is 0 Å². The second-order valence-corrected chi connectivity index (χ2v) is 3.27. The van der Waals surface area contributed by atoms with Gasteiger partial charge in [-0.25, -0.2) is 0 Å². The van der Waals surface area contributed by atoms with Gasteiger partial charge in [0.25, 0.3) is 5.56 Å². The van der Waals surface area contributed by atoms with Crippen LogP contribution in [0.25, 0.3) is 0 Å². The first-order chi connectivity index (χ1) is 6.61. The van der Waals surface area contributed by atoms with Gasteiger partial charge in [0.15, 0.2) is 0 Å². The van der Waals surface area contributed by atoms with Gasteiger partial charge >= 0.3 is 10.4 Å². The van der Waals surface area contributed by atoms with Crippen LogP contribution in [0, 0.1) is 0 Å². The number of nitrogen functional groups attached to an aromatic ring is 3. The van der Waals surface area contributed by atoms with Crippen molar-refractivity contribution >= 4 is 27.6 Å². The van der Waals surface area contributed by atoms with E-state index in [1.807, 2.05) is 0 Å². The number of rotatable bonds is 0. The Morgan fingerprint density at radius 3 is 1.88 bits per heavy atom. The Labute approximate surface area is 90.0 Å². The average Bonchev–Trinajstić information content (AvgIpc) is 1.96. The van der Waals surface area contributed by atoms with E-state index < -0.39 is 16.0 Å². The first-order valence-corrected chi connectivity index (χ1v) is 4.74. The molecule has 94 valence electrons. The van der Waals surface area contributed by atoms with E-state index >= 15 is 0 Å². The van der Waals surface area contributed by atoms with Crippen LogP contribution in [0.2, 0.25) is 0 Å². The molecule has 0 aliphatic rings. The van der Waals surface area contributed by atoms with Crippen LogP contribution in [0.5, 0.6) is 0 Å². The summed E-state index contributed by atoms with van der Waals surface area (Å²) >= 11 is 0. The second-order valence-electron chi connectivity index (χ2n) is 2.37. The van der Waals surface area contributed by atoms with Gasteiger partial charge in [0.2, 0.25) is 0 Å². The maximum atomic E-state index is 10.7. The molecule has 0 unspecified atom stereocenters. The molecule has 1 aromatic heterocycles. The van der Waals surface area contributed by atoms with Crippen molar-refractivity contribution in [2.24, 2.45) is 0 Å². The molecule has 1 heterocycles. The van der Waals surface area contributed by atoms with Crippen molar-refractivity contribution in [3.8, 4) is 0 Å². The van der Waals surface area contributed by atoms with Crippen LogP contribution >= 0.6 is 0 Å². The van der Waals surface area contributed by atoms with E-state index in [-0.39, 0.29) is 22.7 Å². The monoisotopic (exact) mass is 256 g/mol. The molecule has 1 aromatic rings. The topological polar surface area (TPSA) is 217 Å². The smallest absolute Gasteiger partial charge is 0.394 e. The van der Waals surface area contributed by atoms with Gasteiger partial charge in [-0.15, -0.1) is 0 Å².